The minimum atomic E-state index is -0.591. The molecule has 2 rings (SSSR count). The summed E-state index contributed by atoms with van der Waals surface area (Å²) in [7, 11) is 0. The Bertz CT molecular complexity index is 381. The maximum Gasteiger partial charge on any atom is 0.236 e. The van der Waals surface area contributed by atoms with Crippen LogP contribution in [0.3, 0.4) is 0 Å². The van der Waals surface area contributed by atoms with E-state index in [-0.39, 0.29) is 5.69 Å². The third kappa shape index (κ3) is 1.92. The fourth-order valence-corrected chi connectivity index (χ4v) is 1.48. The van der Waals surface area contributed by atoms with E-state index in [1.54, 1.807) is 6.07 Å². The Morgan fingerprint density at radius 3 is 2.93 bits per heavy atom. The molecule has 1 fully saturated rings. The minimum absolute atomic E-state index is 0.113. The van der Waals surface area contributed by atoms with Crippen LogP contribution in [0.1, 0.15) is 25.3 Å². The number of rotatable bonds is 2. The zero-order valence-electron chi connectivity index (χ0n) is 8.13. The van der Waals surface area contributed by atoms with Crippen LogP contribution in [-0.4, -0.2) is 4.98 Å². The Kier molecular flexibility index (Phi) is 2.23. The van der Waals surface area contributed by atoms with Crippen molar-refractivity contribution in [3.63, 3.8) is 0 Å². The Hall–Kier alpha value is -1.38. The summed E-state index contributed by atoms with van der Waals surface area (Å²) < 4.78 is 12.8. The number of nitrogens with zero attached hydrogens (tertiary/aromatic N) is 1. The molecule has 1 aliphatic rings. The summed E-state index contributed by atoms with van der Waals surface area (Å²) in [5.74, 6) is 0.132. The molecule has 1 saturated carbocycles. The fraction of sp³-hybridized carbons (Fsp3) is 0.364. The molecule has 0 bridgehead atoms. The van der Waals surface area contributed by atoms with E-state index in [0.29, 0.717) is 0 Å². The number of nitrogen functional groups attached to an aromatic ring is 1. The number of halogens is 1. The van der Waals surface area contributed by atoms with E-state index in [1.165, 1.54) is 24.6 Å². The first kappa shape index (κ1) is 9.19. The van der Waals surface area contributed by atoms with Gasteiger partial charge in [0.05, 0.1) is 5.69 Å². The highest BCUT2D eigenvalue weighted by atomic mass is 19.1. The van der Waals surface area contributed by atoms with Crippen LogP contribution < -0.4 is 5.73 Å². The van der Waals surface area contributed by atoms with Crippen LogP contribution in [0.25, 0.3) is 6.08 Å². The second-order valence-electron chi connectivity index (χ2n) is 3.81. The van der Waals surface area contributed by atoms with Gasteiger partial charge in [0.2, 0.25) is 5.95 Å². The van der Waals surface area contributed by atoms with Gasteiger partial charge in [-0.05, 0) is 37.3 Å². The van der Waals surface area contributed by atoms with Crippen molar-refractivity contribution in [2.75, 3.05) is 5.73 Å². The quantitative estimate of drug-likeness (QED) is 0.731. The topological polar surface area (TPSA) is 38.9 Å². The molecule has 0 saturated heterocycles. The zero-order valence-corrected chi connectivity index (χ0v) is 8.13. The van der Waals surface area contributed by atoms with Gasteiger partial charge in [-0.15, -0.1) is 0 Å². The van der Waals surface area contributed by atoms with Gasteiger partial charge in [-0.25, -0.2) is 4.98 Å². The molecule has 1 aromatic heterocycles. The predicted molar refractivity (Wildman–Crippen MR) is 55.0 cm³/mol. The molecule has 1 aliphatic carbocycles. The van der Waals surface area contributed by atoms with Gasteiger partial charge in [0.25, 0.3) is 0 Å². The third-order valence-electron chi connectivity index (χ3n) is 2.50. The van der Waals surface area contributed by atoms with Crippen LogP contribution in [0.15, 0.2) is 17.8 Å². The lowest BCUT2D eigenvalue weighted by molar-refractivity contribution is 0.588. The second kappa shape index (κ2) is 3.40. The maximum absolute atomic E-state index is 12.8. The van der Waals surface area contributed by atoms with Crippen LogP contribution in [0.5, 0.6) is 0 Å². The van der Waals surface area contributed by atoms with Gasteiger partial charge in [0.1, 0.15) is 0 Å². The van der Waals surface area contributed by atoms with Crippen molar-refractivity contribution >= 4 is 11.8 Å². The van der Waals surface area contributed by atoms with E-state index in [4.69, 9.17) is 5.73 Å². The van der Waals surface area contributed by atoms with Crippen molar-refractivity contribution in [3.05, 3.63) is 29.3 Å². The van der Waals surface area contributed by atoms with E-state index < -0.39 is 5.95 Å². The number of aromatic nitrogens is 1. The molecule has 3 heteroatoms. The average molecular weight is 192 g/mol. The molecule has 0 radical (unpaired) electrons. The standard InChI is InChI=1S/C11H13FN2/c1-7(9-2-3-9)4-8-5-10(13)11(12)14-6-8/h4-6,9H,2-3,13H2,1H3/b7-4-. The van der Waals surface area contributed by atoms with Crippen LogP contribution >= 0.6 is 0 Å². The highest BCUT2D eigenvalue weighted by Crippen LogP contribution is 2.36. The summed E-state index contributed by atoms with van der Waals surface area (Å²) in [6.07, 6.45) is 6.08. The number of pyridine rings is 1. The molecule has 0 spiro atoms. The normalized spacial score (nSPS) is 17.1. The number of hydrogen-bond acceptors (Lipinski definition) is 2. The van der Waals surface area contributed by atoms with Gasteiger partial charge in [-0.1, -0.05) is 11.6 Å². The van der Waals surface area contributed by atoms with Gasteiger partial charge >= 0.3 is 0 Å². The van der Waals surface area contributed by atoms with Crippen molar-refractivity contribution in [2.45, 2.75) is 19.8 Å². The molecule has 74 valence electrons. The smallest absolute Gasteiger partial charge is 0.236 e. The van der Waals surface area contributed by atoms with Crippen molar-refractivity contribution in [3.8, 4) is 0 Å². The summed E-state index contributed by atoms with van der Waals surface area (Å²) >= 11 is 0. The minimum Gasteiger partial charge on any atom is -0.395 e. The molecule has 2 nitrogen and oxygen atoms in total. The molecule has 0 amide bonds. The Morgan fingerprint density at radius 2 is 2.36 bits per heavy atom. The molecular formula is C11H13FN2. The molecule has 1 aromatic rings. The van der Waals surface area contributed by atoms with Crippen LogP contribution in [0, 0.1) is 11.9 Å². The SMILES string of the molecule is C/C(=C/c1cnc(F)c(N)c1)C1CC1. The maximum atomic E-state index is 12.8. The summed E-state index contributed by atoms with van der Waals surface area (Å²) in [4.78, 5) is 3.58. The predicted octanol–water partition coefficient (Wildman–Crippen LogP) is 2.62. The summed E-state index contributed by atoms with van der Waals surface area (Å²) in [6.45, 7) is 2.09. The fourth-order valence-electron chi connectivity index (χ4n) is 1.48. The molecule has 1 heterocycles. The largest absolute Gasteiger partial charge is 0.395 e. The van der Waals surface area contributed by atoms with Crippen LogP contribution in [0.2, 0.25) is 0 Å². The molecule has 14 heavy (non-hydrogen) atoms. The average Bonchev–Trinajstić information content (AvgIpc) is 2.94. The summed E-state index contributed by atoms with van der Waals surface area (Å²) in [5, 5.41) is 0. The van der Waals surface area contributed by atoms with E-state index in [2.05, 4.69) is 11.9 Å². The summed E-state index contributed by atoms with van der Waals surface area (Å²) in [5.41, 5.74) is 7.75. The van der Waals surface area contributed by atoms with Crippen molar-refractivity contribution < 1.29 is 4.39 Å². The molecule has 0 aliphatic heterocycles. The van der Waals surface area contributed by atoms with E-state index in [0.717, 1.165) is 11.5 Å². The molecule has 0 unspecified atom stereocenters. The van der Waals surface area contributed by atoms with Crippen LogP contribution in [0.4, 0.5) is 10.1 Å². The highest BCUT2D eigenvalue weighted by Gasteiger charge is 2.22. The molecule has 2 N–H and O–H groups in total. The highest BCUT2D eigenvalue weighted by molar-refractivity contribution is 5.57. The molecule has 0 aromatic carbocycles. The number of allylic oxidation sites excluding steroid dienone is 1. The van der Waals surface area contributed by atoms with Crippen molar-refractivity contribution in [1.82, 2.24) is 4.98 Å². The number of hydrogen-bond donors (Lipinski definition) is 1. The monoisotopic (exact) mass is 192 g/mol. The molecule has 0 atom stereocenters. The first-order chi connectivity index (χ1) is 6.66. The Morgan fingerprint density at radius 1 is 1.64 bits per heavy atom. The third-order valence-corrected chi connectivity index (χ3v) is 2.50. The number of nitrogens with two attached hydrogens (primary N) is 1. The van der Waals surface area contributed by atoms with Crippen LogP contribution in [-0.2, 0) is 0 Å². The lowest BCUT2D eigenvalue weighted by Crippen LogP contribution is -1.94. The van der Waals surface area contributed by atoms with Crippen molar-refractivity contribution in [1.29, 1.82) is 0 Å². The van der Waals surface area contributed by atoms with Gasteiger partial charge < -0.3 is 5.73 Å². The van der Waals surface area contributed by atoms with E-state index in [9.17, 15) is 4.39 Å². The Labute approximate surface area is 82.7 Å². The van der Waals surface area contributed by atoms with E-state index >= 15 is 0 Å². The second-order valence-corrected chi connectivity index (χ2v) is 3.81. The molecular weight excluding hydrogens is 179 g/mol. The first-order valence-electron chi connectivity index (χ1n) is 4.76. The van der Waals surface area contributed by atoms with Gasteiger partial charge in [-0.3, -0.25) is 0 Å². The van der Waals surface area contributed by atoms with Gasteiger partial charge in [0.15, 0.2) is 0 Å². The zero-order chi connectivity index (χ0) is 10.1. The Balaban J connectivity index is 2.24. The van der Waals surface area contributed by atoms with Crippen molar-refractivity contribution in [2.24, 2.45) is 5.92 Å². The van der Waals surface area contributed by atoms with Gasteiger partial charge in [0, 0.05) is 6.20 Å². The lowest BCUT2D eigenvalue weighted by Gasteiger charge is -2.00. The van der Waals surface area contributed by atoms with Gasteiger partial charge in [-0.2, -0.15) is 4.39 Å². The van der Waals surface area contributed by atoms with E-state index in [1.807, 2.05) is 6.08 Å². The number of anilines is 1. The summed E-state index contributed by atoms with van der Waals surface area (Å²) in [6, 6.07) is 1.62. The lowest BCUT2D eigenvalue weighted by atomic mass is 10.1. The first-order valence-corrected chi connectivity index (χ1v) is 4.76.